The van der Waals surface area contributed by atoms with Crippen molar-refractivity contribution in [3.8, 4) is 0 Å². The molecule has 0 radical (unpaired) electrons. The molecule has 0 aliphatic carbocycles. The van der Waals surface area contributed by atoms with Gasteiger partial charge in [0.2, 0.25) is 0 Å². The molecule has 2 N–H and O–H groups in total. The fourth-order valence-electron chi connectivity index (χ4n) is 1.77. The summed E-state index contributed by atoms with van der Waals surface area (Å²) >= 11 is 1.83. The first kappa shape index (κ1) is 12.7. The van der Waals surface area contributed by atoms with Gasteiger partial charge < -0.3 is 5.73 Å². The van der Waals surface area contributed by atoms with Crippen LogP contribution in [-0.4, -0.2) is 25.0 Å². The van der Waals surface area contributed by atoms with Crippen LogP contribution in [0.4, 0.5) is 0 Å². The second-order valence-electron chi connectivity index (χ2n) is 4.31. The van der Waals surface area contributed by atoms with Crippen LogP contribution in [0, 0.1) is 5.92 Å². The van der Waals surface area contributed by atoms with E-state index in [1.807, 2.05) is 11.3 Å². The molecule has 2 atom stereocenters. The summed E-state index contributed by atoms with van der Waals surface area (Å²) in [5, 5.41) is 2.14. The van der Waals surface area contributed by atoms with E-state index in [4.69, 9.17) is 5.73 Å². The fourth-order valence-corrected chi connectivity index (χ4v) is 2.62. The molecule has 1 heterocycles. The fraction of sp³-hybridized carbons (Fsp3) is 0.667. The Kier molecular flexibility index (Phi) is 5.29. The van der Waals surface area contributed by atoms with Gasteiger partial charge in [-0.15, -0.1) is 11.3 Å². The van der Waals surface area contributed by atoms with E-state index in [1.54, 1.807) is 0 Å². The van der Waals surface area contributed by atoms with Crippen LogP contribution in [0.2, 0.25) is 0 Å². The van der Waals surface area contributed by atoms with Gasteiger partial charge in [0, 0.05) is 17.5 Å². The molecule has 2 nitrogen and oxygen atoms in total. The van der Waals surface area contributed by atoms with Crippen molar-refractivity contribution in [3.05, 3.63) is 22.4 Å². The van der Waals surface area contributed by atoms with Crippen molar-refractivity contribution in [2.24, 2.45) is 11.7 Å². The number of nitrogens with zero attached hydrogens (tertiary/aromatic N) is 1. The van der Waals surface area contributed by atoms with E-state index >= 15 is 0 Å². The predicted molar refractivity (Wildman–Crippen MR) is 68.2 cm³/mol. The molecule has 3 heteroatoms. The standard InChI is InChI=1S/C12H22N2S/c1-10(6-7-13)9-14(3)11(2)12-5-4-8-15-12/h4-5,8,10-11H,6-7,9,13H2,1-3H3. The Morgan fingerprint density at radius 1 is 1.47 bits per heavy atom. The van der Waals surface area contributed by atoms with E-state index in [-0.39, 0.29) is 0 Å². The zero-order chi connectivity index (χ0) is 11.3. The topological polar surface area (TPSA) is 29.3 Å². The maximum absolute atomic E-state index is 5.56. The number of hydrogen-bond donors (Lipinski definition) is 1. The van der Waals surface area contributed by atoms with Crippen molar-refractivity contribution in [2.45, 2.75) is 26.3 Å². The molecule has 1 aromatic heterocycles. The second-order valence-corrected chi connectivity index (χ2v) is 5.29. The summed E-state index contributed by atoms with van der Waals surface area (Å²) in [6.45, 7) is 6.45. The van der Waals surface area contributed by atoms with Gasteiger partial charge in [-0.1, -0.05) is 13.0 Å². The SMILES string of the molecule is CC(CCN)CN(C)C(C)c1cccs1. The van der Waals surface area contributed by atoms with E-state index in [2.05, 4.69) is 43.3 Å². The Morgan fingerprint density at radius 3 is 2.73 bits per heavy atom. The molecule has 0 aliphatic rings. The highest BCUT2D eigenvalue weighted by atomic mass is 32.1. The van der Waals surface area contributed by atoms with Crippen LogP contribution in [-0.2, 0) is 0 Å². The van der Waals surface area contributed by atoms with Gasteiger partial charge in [-0.3, -0.25) is 4.90 Å². The van der Waals surface area contributed by atoms with Gasteiger partial charge in [0.15, 0.2) is 0 Å². The van der Waals surface area contributed by atoms with Crippen LogP contribution in [0.1, 0.15) is 31.2 Å². The first-order chi connectivity index (χ1) is 7.15. The van der Waals surface area contributed by atoms with Crippen molar-refractivity contribution in [3.63, 3.8) is 0 Å². The van der Waals surface area contributed by atoms with Crippen LogP contribution in [0.25, 0.3) is 0 Å². The largest absolute Gasteiger partial charge is 0.330 e. The minimum Gasteiger partial charge on any atom is -0.330 e. The molecule has 0 bridgehead atoms. The molecule has 0 aromatic carbocycles. The van der Waals surface area contributed by atoms with Gasteiger partial charge in [0.1, 0.15) is 0 Å². The second kappa shape index (κ2) is 6.26. The summed E-state index contributed by atoms with van der Waals surface area (Å²) in [6, 6.07) is 4.85. The number of nitrogens with two attached hydrogens (primary N) is 1. The summed E-state index contributed by atoms with van der Waals surface area (Å²) in [5.74, 6) is 0.683. The van der Waals surface area contributed by atoms with Crippen LogP contribution in [0.3, 0.4) is 0 Å². The Balaban J connectivity index is 2.43. The molecule has 1 aromatic rings. The molecule has 0 amide bonds. The number of rotatable bonds is 6. The Morgan fingerprint density at radius 2 is 2.20 bits per heavy atom. The molecule has 2 unspecified atom stereocenters. The molecule has 0 saturated heterocycles. The zero-order valence-electron chi connectivity index (χ0n) is 9.94. The van der Waals surface area contributed by atoms with Crippen molar-refractivity contribution in [1.82, 2.24) is 4.90 Å². The van der Waals surface area contributed by atoms with Gasteiger partial charge in [-0.05, 0) is 44.3 Å². The summed E-state index contributed by atoms with van der Waals surface area (Å²) in [7, 11) is 2.19. The van der Waals surface area contributed by atoms with E-state index in [0.29, 0.717) is 12.0 Å². The highest BCUT2D eigenvalue weighted by molar-refractivity contribution is 7.10. The van der Waals surface area contributed by atoms with Crippen molar-refractivity contribution < 1.29 is 0 Å². The van der Waals surface area contributed by atoms with Crippen LogP contribution in [0.5, 0.6) is 0 Å². The maximum Gasteiger partial charge on any atom is 0.0410 e. The smallest absolute Gasteiger partial charge is 0.0410 e. The molecule has 86 valence electrons. The van der Waals surface area contributed by atoms with Gasteiger partial charge >= 0.3 is 0 Å². The average molecular weight is 226 g/mol. The van der Waals surface area contributed by atoms with E-state index in [9.17, 15) is 0 Å². The molecule has 1 rings (SSSR count). The molecule has 0 spiro atoms. The highest BCUT2D eigenvalue weighted by Gasteiger charge is 2.14. The van der Waals surface area contributed by atoms with Crippen molar-refractivity contribution in [2.75, 3.05) is 20.1 Å². The molecular formula is C12H22N2S. The van der Waals surface area contributed by atoms with Gasteiger partial charge in [-0.25, -0.2) is 0 Å². The first-order valence-corrected chi connectivity index (χ1v) is 6.46. The molecule has 0 saturated carbocycles. The average Bonchev–Trinajstić information content (AvgIpc) is 2.69. The summed E-state index contributed by atoms with van der Waals surface area (Å²) < 4.78 is 0. The lowest BCUT2D eigenvalue weighted by molar-refractivity contribution is 0.225. The molecule has 0 fully saturated rings. The van der Waals surface area contributed by atoms with Crippen LogP contribution < -0.4 is 5.73 Å². The third kappa shape index (κ3) is 3.93. The summed E-state index contributed by atoms with van der Waals surface area (Å²) in [4.78, 5) is 3.85. The van der Waals surface area contributed by atoms with Crippen molar-refractivity contribution >= 4 is 11.3 Å². The monoisotopic (exact) mass is 226 g/mol. The first-order valence-electron chi connectivity index (χ1n) is 5.58. The quantitative estimate of drug-likeness (QED) is 0.808. The Bertz CT molecular complexity index is 259. The summed E-state index contributed by atoms with van der Waals surface area (Å²) in [5.41, 5.74) is 5.56. The predicted octanol–water partition coefficient (Wildman–Crippen LogP) is 2.73. The third-order valence-electron chi connectivity index (χ3n) is 2.88. The summed E-state index contributed by atoms with van der Waals surface area (Å²) in [6.07, 6.45) is 1.11. The normalized spacial score (nSPS) is 15.5. The molecule has 0 aliphatic heterocycles. The maximum atomic E-state index is 5.56. The van der Waals surface area contributed by atoms with Gasteiger partial charge in [0.25, 0.3) is 0 Å². The van der Waals surface area contributed by atoms with E-state index in [1.165, 1.54) is 4.88 Å². The molecular weight excluding hydrogens is 204 g/mol. The molecule has 15 heavy (non-hydrogen) atoms. The lowest BCUT2D eigenvalue weighted by Crippen LogP contribution is -2.28. The third-order valence-corrected chi connectivity index (χ3v) is 3.92. The lowest BCUT2D eigenvalue weighted by Gasteiger charge is -2.26. The minimum atomic E-state index is 0.519. The Labute approximate surface area is 97.1 Å². The highest BCUT2D eigenvalue weighted by Crippen LogP contribution is 2.24. The number of thiophene rings is 1. The Hall–Kier alpha value is -0.380. The van der Waals surface area contributed by atoms with E-state index in [0.717, 1.165) is 19.5 Å². The number of hydrogen-bond acceptors (Lipinski definition) is 3. The van der Waals surface area contributed by atoms with E-state index < -0.39 is 0 Å². The zero-order valence-corrected chi connectivity index (χ0v) is 10.8. The lowest BCUT2D eigenvalue weighted by atomic mass is 10.1. The minimum absolute atomic E-state index is 0.519. The van der Waals surface area contributed by atoms with Gasteiger partial charge in [0.05, 0.1) is 0 Å². The van der Waals surface area contributed by atoms with Crippen molar-refractivity contribution in [1.29, 1.82) is 0 Å². The van der Waals surface area contributed by atoms with Crippen LogP contribution >= 0.6 is 11.3 Å². The van der Waals surface area contributed by atoms with Crippen LogP contribution in [0.15, 0.2) is 17.5 Å². The van der Waals surface area contributed by atoms with Gasteiger partial charge in [-0.2, -0.15) is 0 Å².